The van der Waals surface area contributed by atoms with Crippen molar-refractivity contribution in [3.8, 4) is 11.5 Å². The van der Waals surface area contributed by atoms with E-state index in [1.807, 2.05) is 49.4 Å². The number of hydrogen-bond acceptors (Lipinski definition) is 6. The molecule has 6 nitrogen and oxygen atoms in total. The summed E-state index contributed by atoms with van der Waals surface area (Å²) in [6.45, 7) is 1.72. The number of para-hydroxylation sites is 2. The monoisotopic (exact) mass is 478 g/mol. The van der Waals surface area contributed by atoms with Crippen LogP contribution >= 0.6 is 22.9 Å². The van der Waals surface area contributed by atoms with E-state index in [1.165, 1.54) is 17.6 Å². The minimum atomic E-state index is -0.558. The summed E-state index contributed by atoms with van der Waals surface area (Å²) in [5.41, 5.74) is 3.86. The van der Waals surface area contributed by atoms with Crippen molar-refractivity contribution >= 4 is 51.1 Å². The summed E-state index contributed by atoms with van der Waals surface area (Å²) in [4.78, 5) is 25.1. The fraction of sp³-hybridized carbons (Fsp3) is 0.0800. The van der Waals surface area contributed by atoms with E-state index in [4.69, 9.17) is 21.1 Å². The van der Waals surface area contributed by atoms with Crippen LogP contribution in [0.3, 0.4) is 0 Å². The first-order chi connectivity index (χ1) is 16.0. The SMILES string of the molecule is Cc1ccccc1OCC(=O)NN=Cc1ccccc1OC(=O)c1sc2ccccc2c1Cl. The topological polar surface area (TPSA) is 77.0 Å². The molecule has 1 aromatic heterocycles. The van der Waals surface area contributed by atoms with Gasteiger partial charge in [-0.2, -0.15) is 5.10 Å². The molecule has 166 valence electrons. The molecule has 0 aliphatic rings. The molecule has 0 unspecified atom stereocenters. The van der Waals surface area contributed by atoms with Crippen molar-refractivity contribution in [2.75, 3.05) is 6.61 Å². The first-order valence-corrected chi connectivity index (χ1v) is 11.2. The number of esters is 1. The number of hydrogen-bond donors (Lipinski definition) is 1. The Morgan fingerprint density at radius 1 is 1.00 bits per heavy atom. The van der Waals surface area contributed by atoms with E-state index in [0.717, 1.165) is 15.6 Å². The molecule has 0 fully saturated rings. The van der Waals surface area contributed by atoms with E-state index in [9.17, 15) is 9.59 Å². The van der Waals surface area contributed by atoms with Gasteiger partial charge in [0.2, 0.25) is 0 Å². The first kappa shape index (κ1) is 22.5. The number of ether oxygens (including phenoxy) is 2. The van der Waals surface area contributed by atoms with E-state index in [1.54, 1.807) is 30.3 Å². The predicted octanol–water partition coefficient (Wildman–Crippen LogP) is 5.61. The third-order valence-electron chi connectivity index (χ3n) is 4.69. The van der Waals surface area contributed by atoms with Crippen LogP contribution in [0.1, 0.15) is 20.8 Å². The van der Waals surface area contributed by atoms with E-state index in [0.29, 0.717) is 27.0 Å². The molecule has 1 amide bonds. The minimum Gasteiger partial charge on any atom is -0.483 e. The number of amides is 1. The summed E-state index contributed by atoms with van der Waals surface area (Å²) >= 11 is 7.66. The Hall–Kier alpha value is -3.68. The lowest BCUT2D eigenvalue weighted by Gasteiger charge is -2.08. The van der Waals surface area contributed by atoms with Gasteiger partial charge in [0.1, 0.15) is 16.4 Å². The summed E-state index contributed by atoms with van der Waals surface area (Å²) in [6, 6.07) is 21.8. The van der Waals surface area contributed by atoms with Crippen molar-refractivity contribution in [2.24, 2.45) is 5.10 Å². The standard InChI is InChI=1S/C25H19ClN2O4S/c1-16-8-2-5-11-19(16)31-15-22(29)28-27-14-17-9-3-6-12-20(17)32-25(30)24-23(26)18-10-4-7-13-21(18)33-24/h2-14H,15H2,1H3,(H,28,29). The Morgan fingerprint density at radius 2 is 1.70 bits per heavy atom. The Bertz CT molecular complexity index is 1350. The van der Waals surface area contributed by atoms with Gasteiger partial charge in [0.05, 0.1) is 11.2 Å². The van der Waals surface area contributed by atoms with Gasteiger partial charge in [0, 0.05) is 15.6 Å². The van der Waals surface area contributed by atoms with Crippen LogP contribution in [-0.2, 0) is 4.79 Å². The average Bonchev–Trinajstić information content (AvgIpc) is 3.16. The zero-order valence-electron chi connectivity index (χ0n) is 17.6. The second-order valence-electron chi connectivity index (χ2n) is 7.02. The normalized spacial score (nSPS) is 11.0. The third kappa shape index (κ3) is 5.39. The highest BCUT2D eigenvalue weighted by molar-refractivity contribution is 7.21. The van der Waals surface area contributed by atoms with Crippen LogP contribution in [0.5, 0.6) is 11.5 Å². The van der Waals surface area contributed by atoms with Crippen molar-refractivity contribution < 1.29 is 19.1 Å². The number of carbonyl (C=O) groups excluding carboxylic acids is 2. The van der Waals surface area contributed by atoms with E-state index in [2.05, 4.69) is 10.5 Å². The molecule has 0 atom stereocenters. The molecule has 0 radical (unpaired) electrons. The summed E-state index contributed by atoms with van der Waals surface area (Å²) in [5.74, 6) is -0.0438. The van der Waals surface area contributed by atoms with E-state index >= 15 is 0 Å². The highest BCUT2D eigenvalue weighted by atomic mass is 35.5. The molecule has 0 saturated heterocycles. The highest BCUT2D eigenvalue weighted by Gasteiger charge is 2.19. The number of halogens is 1. The van der Waals surface area contributed by atoms with Crippen molar-refractivity contribution in [2.45, 2.75) is 6.92 Å². The lowest BCUT2D eigenvalue weighted by Crippen LogP contribution is -2.24. The van der Waals surface area contributed by atoms with Crippen molar-refractivity contribution in [3.63, 3.8) is 0 Å². The molecule has 8 heteroatoms. The molecule has 1 N–H and O–H groups in total. The van der Waals surface area contributed by atoms with E-state index in [-0.39, 0.29) is 6.61 Å². The average molecular weight is 479 g/mol. The number of rotatable bonds is 7. The van der Waals surface area contributed by atoms with Crippen LogP contribution in [0.15, 0.2) is 77.9 Å². The second-order valence-corrected chi connectivity index (χ2v) is 8.45. The molecule has 1 heterocycles. The summed E-state index contributed by atoms with van der Waals surface area (Å²) in [7, 11) is 0. The van der Waals surface area contributed by atoms with Crippen molar-refractivity contribution in [1.82, 2.24) is 5.43 Å². The summed E-state index contributed by atoms with van der Waals surface area (Å²) < 4.78 is 12.0. The zero-order valence-corrected chi connectivity index (χ0v) is 19.2. The summed E-state index contributed by atoms with van der Waals surface area (Å²) in [6.07, 6.45) is 1.40. The Labute approximate surface area is 199 Å². The molecule has 0 aliphatic heterocycles. The van der Waals surface area contributed by atoms with Gasteiger partial charge in [-0.25, -0.2) is 10.2 Å². The van der Waals surface area contributed by atoms with E-state index < -0.39 is 11.9 Å². The lowest BCUT2D eigenvalue weighted by atomic mass is 10.2. The van der Waals surface area contributed by atoms with Crippen LogP contribution in [0.2, 0.25) is 5.02 Å². The van der Waals surface area contributed by atoms with Gasteiger partial charge in [-0.15, -0.1) is 11.3 Å². The Morgan fingerprint density at radius 3 is 2.48 bits per heavy atom. The van der Waals surface area contributed by atoms with Crippen LogP contribution in [0.25, 0.3) is 10.1 Å². The molecular formula is C25H19ClN2O4S. The third-order valence-corrected chi connectivity index (χ3v) is 6.34. The molecular weight excluding hydrogens is 460 g/mol. The van der Waals surface area contributed by atoms with Gasteiger partial charge in [-0.05, 0) is 36.8 Å². The second kappa shape index (κ2) is 10.3. The fourth-order valence-electron chi connectivity index (χ4n) is 3.04. The maximum atomic E-state index is 12.8. The molecule has 4 rings (SSSR count). The number of nitrogens with one attached hydrogen (secondary N) is 1. The highest BCUT2D eigenvalue weighted by Crippen LogP contribution is 2.36. The molecule has 0 bridgehead atoms. The van der Waals surface area contributed by atoms with Crippen LogP contribution in [0, 0.1) is 6.92 Å². The molecule has 0 spiro atoms. The lowest BCUT2D eigenvalue weighted by molar-refractivity contribution is -0.123. The Kier molecular flexibility index (Phi) is 7.02. The van der Waals surface area contributed by atoms with Gasteiger partial charge in [0.25, 0.3) is 5.91 Å². The van der Waals surface area contributed by atoms with Gasteiger partial charge in [0.15, 0.2) is 6.61 Å². The number of thiophene rings is 1. The first-order valence-electron chi connectivity index (χ1n) is 10.0. The quantitative estimate of drug-likeness (QED) is 0.162. The summed E-state index contributed by atoms with van der Waals surface area (Å²) in [5, 5.41) is 5.13. The molecule has 3 aromatic carbocycles. The molecule has 4 aromatic rings. The minimum absolute atomic E-state index is 0.177. The number of aryl methyl sites for hydroxylation is 1. The number of benzene rings is 3. The number of hydrazone groups is 1. The smallest absolute Gasteiger partial charge is 0.355 e. The largest absolute Gasteiger partial charge is 0.483 e. The number of fused-ring (bicyclic) bond motifs is 1. The van der Waals surface area contributed by atoms with Gasteiger partial charge in [-0.1, -0.05) is 60.1 Å². The van der Waals surface area contributed by atoms with Crippen LogP contribution in [0.4, 0.5) is 0 Å². The molecule has 33 heavy (non-hydrogen) atoms. The van der Waals surface area contributed by atoms with Gasteiger partial charge >= 0.3 is 5.97 Å². The maximum absolute atomic E-state index is 12.8. The van der Waals surface area contributed by atoms with Gasteiger partial charge in [-0.3, -0.25) is 4.79 Å². The molecule has 0 aliphatic carbocycles. The number of carbonyl (C=O) groups is 2. The Balaban J connectivity index is 1.40. The van der Waals surface area contributed by atoms with Crippen LogP contribution in [-0.4, -0.2) is 24.7 Å². The molecule has 0 saturated carbocycles. The van der Waals surface area contributed by atoms with Crippen LogP contribution < -0.4 is 14.9 Å². The van der Waals surface area contributed by atoms with Crippen molar-refractivity contribution in [3.05, 3.63) is 93.8 Å². The fourth-order valence-corrected chi connectivity index (χ4v) is 4.42. The number of nitrogens with zero attached hydrogens (tertiary/aromatic N) is 1. The van der Waals surface area contributed by atoms with Crippen molar-refractivity contribution in [1.29, 1.82) is 0 Å². The van der Waals surface area contributed by atoms with Gasteiger partial charge < -0.3 is 9.47 Å². The zero-order chi connectivity index (χ0) is 23.2. The predicted molar refractivity (Wildman–Crippen MR) is 131 cm³/mol. The maximum Gasteiger partial charge on any atom is 0.355 e.